The summed E-state index contributed by atoms with van der Waals surface area (Å²) in [6, 6.07) is 4.22. The van der Waals surface area contributed by atoms with Gasteiger partial charge in [0.2, 0.25) is 0 Å². The maximum Gasteiger partial charge on any atom is 0.256 e. The fourth-order valence-corrected chi connectivity index (χ4v) is 3.59. The molecule has 0 unspecified atom stereocenters. The summed E-state index contributed by atoms with van der Waals surface area (Å²) in [6.07, 6.45) is 4.50. The second-order valence-corrected chi connectivity index (χ2v) is 8.08. The first-order chi connectivity index (χ1) is 13.2. The van der Waals surface area contributed by atoms with Crippen molar-refractivity contribution in [1.82, 2.24) is 15.5 Å². The maximum atomic E-state index is 13.5. The molecule has 0 bridgehead atoms. The highest BCUT2D eigenvalue weighted by atomic mass is 32.2. The van der Waals surface area contributed by atoms with E-state index in [0.29, 0.717) is 11.1 Å². The standard InChI is InChI=1S/C18H19FN4O4S/c1-12-2-3-13(10-15(12)19)17(24)20-6-7-21-18(25)14-4-5-16-22-28(26,27)9-8-23(16)11-14/h2-5,10-11H,6-9H2,1H3,(H,20,24)(H,21,25). The topological polar surface area (TPSA) is 108 Å². The molecule has 0 spiro atoms. The molecular weight excluding hydrogens is 387 g/mol. The first-order valence-electron chi connectivity index (χ1n) is 8.57. The summed E-state index contributed by atoms with van der Waals surface area (Å²) in [5, 5.41) is 5.26. The second kappa shape index (κ2) is 7.93. The largest absolute Gasteiger partial charge is 0.350 e. The highest BCUT2D eigenvalue weighted by molar-refractivity contribution is 7.90. The lowest BCUT2D eigenvalue weighted by Crippen LogP contribution is -2.39. The van der Waals surface area contributed by atoms with Gasteiger partial charge in [0, 0.05) is 31.4 Å². The lowest BCUT2D eigenvalue weighted by atomic mass is 10.1. The Kier molecular flexibility index (Phi) is 5.59. The first kappa shape index (κ1) is 19.7. The van der Waals surface area contributed by atoms with Crippen LogP contribution in [0.15, 0.2) is 46.5 Å². The summed E-state index contributed by atoms with van der Waals surface area (Å²) in [4.78, 5) is 25.8. The van der Waals surface area contributed by atoms with E-state index in [1.54, 1.807) is 11.8 Å². The number of halogens is 1. The number of rotatable bonds is 5. The van der Waals surface area contributed by atoms with E-state index in [0.717, 1.165) is 0 Å². The average molecular weight is 406 g/mol. The molecule has 3 rings (SSSR count). The normalized spacial score (nSPS) is 17.3. The van der Waals surface area contributed by atoms with Crippen molar-refractivity contribution in [3.05, 3.63) is 59.1 Å². The molecule has 0 atom stereocenters. The SMILES string of the molecule is Cc1ccc(C(=O)NCCNC(=O)C2=CN3CCS(=O)(=O)N=C3C=C2)cc1F. The monoisotopic (exact) mass is 406 g/mol. The number of hydrogen-bond donors (Lipinski definition) is 2. The molecule has 2 heterocycles. The highest BCUT2D eigenvalue weighted by Gasteiger charge is 2.24. The molecule has 0 aromatic heterocycles. The van der Waals surface area contributed by atoms with Gasteiger partial charge in [0.15, 0.2) is 0 Å². The third-order valence-electron chi connectivity index (χ3n) is 4.22. The Bertz CT molecular complexity index is 1010. The van der Waals surface area contributed by atoms with Crippen molar-refractivity contribution in [3.63, 3.8) is 0 Å². The predicted octanol–water partition coefficient (Wildman–Crippen LogP) is 0.478. The number of aryl methyl sites for hydroxylation is 1. The van der Waals surface area contributed by atoms with Crippen molar-refractivity contribution < 1.29 is 22.4 Å². The van der Waals surface area contributed by atoms with Crippen molar-refractivity contribution in [2.75, 3.05) is 25.4 Å². The molecule has 1 aromatic rings. The number of benzene rings is 1. The van der Waals surface area contributed by atoms with E-state index < -0.39 is 21.7 Å². The van der Waals surface area contributed by atoms with Crippen LogP contribution in [0.3, 0.4) is 0 Å². The van der Waals surface area contributed by atoms with Gasteiger partial charge in [0.05, 0.1) is 11.3 Å². The molecule has 2 amide bonds. The molecule has 2 aliphatic heterocycles. The Morgan fingerprint density at radius 2 is 1.89 bits per heavy atom. The number of amidine groups is 1. The number of carbonyl (C=O) groups is 2. The number of fused-ring (bicyclic) bond motifs is 1. The zero-order valence-corrected chi connectivity index (χ0v) is 15.9. The second-order valence-electron chi connectivity index (χ2n) is 6.32. The van der Waals surface area contributed by atoms with Crippen LogP contribution in [0.25, 0.3) is 0 Å². The van der Waals surface area contributed by atoms with Crippen molar-refractivity contribution >= 4 is 27.7 Å². The molecule has 10 heteroatoms. The number of carbonyl (C=O) groups excluding carboxylic acids is 2. The fraction of sp³-hybridized carbons (Fsp3) is 0.278. The van der Waals surface area contributed by atoms with Gasteiger partial charge in [0.25, 0.3) is 21.8 Å². The highest BCUT2D eigenvalue weighted by Crippen LogP contribution is 2.15. The summed E-state index contributed by atoms with van der Waals surface area (Å²) in [6.45, 7) is 2.19. The van der Waals surface area contributed by atoms with Crippen LogP contribution in [-0.2, 0) is 14.8 Å². The van der Waals surface area contributed by atoms with Gasteiger partial charge in [-0.25, -0.2) is 12.8 Å². The van der Waals surface area contributed by atoms with E-state index in [2.05, 4.69) is 15.0 Å². The number of nitrogens with zero attached hydrogens (tertiary/aromatic N) is 2. The van der Waals surface area contributed by atoms with Crippen molar-refractivity contribution in [1.29, 1.82) is 0 Å². The van der Waals surface area contributed by atoms with Crippen LogP contribution in [-0.4, -0.2) is 56.4 Å². The fourth-order valence-electron chi connectivity index (χ4n) is 2.63. The molecule has 148 valence electrons. The zero-order valence-electron chi connectivity index (χ0n) is 15.1. The van der Waals surface area contributed by atoms with Gasteiger partial charge in [0.1, 0.15) is 11.7 Å². The van der Waals surface area contributed by atoms with Gasteiger partial charge in [-0.2, -0.15) is 0 Å². The first-order valence-corrected chi connectivity index (χ1v) is 10.2. The van der Waals surface area contributed by atoms with Gasteiger partial charge in [-0.15, -0.1) is 4.40 Å². The van der Waals surface area contributed by atoms with E-state index in [9.17, 15) is 22.4 Å². The summed E-state index contributed by atoms with van der Waals surface area (Å²) < 4.78 is 40.1. The van der Waals surface area contributed by atoms with E-state index in [-0.39, 0.29) is 42.7 Å². The number of amides is 2. The smallest absolute Gasteiger partial charge is 0.256 e. The van der Waals surface area contributed by atoms with E-state index in [1.807, 2.05) is 0 Å². The Labute approximate surface area is 161 Å². The number of hydrogen-bond acceptors (Lipinski definition) is 5. The van der Waals surface area contributed by atoms with Crippen LogP contribution in [0.4, 0.5) is 4.39 Å². The Hall–Kier alpha value is -3.01. The average Bonchev–Trinajstić information content (AvgIpc) is 2.66. The molecule has 0 saturated carbocycles. The molecule has 0 fully saturated rings. The van der Waals surface area contributed by atoms with Crippen molar-refractivity contribution in [3.8, 4) is 0 Å². The lowest BCUT2D eigenvalue weighted by Gasteiger charge is -2.26. The van der Waals surface area contributed by atoms with E-state index in [4.69, 9.17) is 0 Å². The molecule has 0 aliphatic carbocycles. The van der Waals surface area contributed by atoms with E-state index in [1.165, 1.54) is 36.6 Å². The Morgan fingerprint density at radius 3 is 2.61 bits per heavy atom. The van der Waals surface area contributed by atoms with Crippen LogP contribution in [0.2, 0.25) is 0 Å². The Balaban J connectivity index is 1.49. The minimum Gasteiger partial charge on any atom is -0.350 e. The molecule has 28 heavy (non-hydrogen) atoms. The van der Waals surface area contributed by atoms with Crippen molar-refractivity contribution in [2.24, 2.45) is 4.40 Å². The molecule has 2 N–H and O–H groups in total. The maximum absolute atomic E-state index is 13.5. The van der Waals surface area contributed by atoms with Crippen LogP contribution < -0.4 is 10.6 Å². The number of sulfonamides is 1. The summed E-state index contributed by atoms with van der Waals surface area (Å²) >= 11 is 0. The van der Waals surface area contributed by atoms with Crippen LogP contribution in [0.5, 0.6) is 0 Å². The Morgan fingerprint density at radius 1 is 1.18 bits per heavy atom. The minimum absolute atomic E-state index is 0.110. The van der Waals surface area contributed by atoms with Gasteiger partial charge >= 0.3 is 0 Å². The number of nitrogens with one attached hydrogen (secondary N) is 2. The third-order valence-corrected chi connectivity index (χ3v) is 5.38. The predicted molar refractivity (Wildman–Crippen MR) is 102 cm³/mol. The minimum atomic E-state index is -3.44. The van der Waals surface area contributed by atoms with Gasteiger partial charge in [-0.05, 0) is 36.8 Å². The van der Waals surface area contributed by atoms with Gasteiger partial charge in [-0.1, -0.05) is 6.07 Å². The van der Waals surface area contributed by atoms with Crippen LogP contribution >= 0.6 is 0 Å². The summed E-state index contributed by atoms with van der Waals surface area (Å²) in [7, 11) is -3.44. The molecular formula is C18H19FN4O4S. The summed E-state index contributed by atoms with van der Waals surface area (Å²) in [5.74, 6) is -1.08. The molecule has 8 nitrogen and oxygen atoms in total. The molecule has 1 aromatic carbocycles. The lowest BCUT2D eigenvalue weighted by molar-refractivity contribution is -0.117. The van der Waals surface area contributed by atoms with Crippen LogP contribution in [0.1, 0.15) is 15.9 Å². The molecule has 2 aliphatic rings. The zero-order chi connectivity index (χ0) is 20.3. The van der Waals surface area contributed by atoms with Crippen LogP contribution in [0, 0.1) is 12.7 Å². The van der Waals surface area contributed by atoms with Crippen molar-refractivity contribution in [2.45, 2.75) is 6.92 Å². The molecule has 0 radical (unpaired) electrons. The third kappa shape index (κ3) is 4.63. The quantitative estimate of drug-likeness (QED) is 0.692. The van der Waals surface area contributed by atoms with Gasteiger partial charge < -0.3 is 15.5 Å². The van der Waals surface area contributed by atoms with Gasteiger partial charge in [-0.3, -0.25) is 9.59 Å². The van der Waals surface area contributed by atoms with E-state index >= 15 is 0 Å². The molecule has 0 saturated heterocycles. The summed E-state index contributed by atoms with van der Waals surface area (Å²) in [5.41, 5.74) is 1.02.